The highest BCUT2D eigenvalue weighted by Gasteiger charge is 2.11. The molecule has 2 heterocycles. The summed E-state index contributed by atoms with van der Waals surface area (Å²) in [5.41, 5.74) is 1.36. The van der Waals surface area contributed by atoms with Crippen molar-refractivity contribution >= 4 is 46.1 Å². The first kappa shape index (κ1) is 19.5. The van der Waals surface area contributed by atoms with Gasteiger partial charge in [-0.3, -0.25) is 9.59 Å². The number of hydrogen-bond acceptors (Lipinski definition) is 5. The number of thiazole rings is 1. The maximum absolute atomic E-state index is 12.0. The standard InChI is InChI=1S/C19H18ClN3O2S2/c1-12-23-16(11-26-12)17-7-6-13(27-17)8-9-21-18(24)10-22-19(25)14-4-2-3-5-15(14)20/h2-7,11H,8-10H2,1H3,(H,21,24)(H,22,25). The summed E-state index contributed by atoms with van der Waals surface area (Å²) in [6, 6.07) is 10.8. The zero-order chi connectivity index (χ0) is 19.2. The maximum atomic E-state index is 12.0. The van der Waals surface area contributed by atoms with Gasteiger partial charge < -0.3 is 10.6 Å². The number of thiophene rings is 1. The summed E-state index contributed by atoms with van der Waals surface area (Å²) in [6.45, 7) is 2.41. The first-order chi connectivity index (χ1) is 13.0. The molecule has 2 aromatic heterocycles. The fourth-order valence-electron chi connectivity index (χ4n) is 2.42. The summed E-state index contributed by atoms with van der Waals surface area (Å²) in [5, 5.41) is 8.85. The predicted molar refractivity (Wildman–Crippen MR) is 111 cm³/mol. The van der Waals surface area contributed by atoms with E-state index < -0.39 is 0 Å². The van der Waals surface area contributed by atoms with Crippen LogP contribution in [0.2, 0.25) is 5.02 Å². The van der Waals surface area contributed by atoms with Crippen LogP contribution < -0.4 is 10.6 Å². The minimum atomic E-state index is -0.364. The Labute approximate surface area is 170 Å². The monoisotopic (exact) mass is 419 g/mol. The number of carbonyl (C=O) groups is 2. The van der Waals surface area contributed by atoms with E-state index in [0.717, 1.165) is 22.0 Å². The summed E-state index contributed by atoms with van der Waals surface area (Å²) in [4.78, 5) is 30.7. The zero-order valence-corrected chi connectivity index (χ0v) is 17.0. The summed E-state index contributed by atoms with van der Waals surface area (Å²) >= 11 is 9.28. The van der Waals surface area contributed by atoms with E-state index in [1.54, 1.807) is 46.9 Å². The van der Waals surface area contributed by atoms with E-state index in [1.807, 2.05) is 12.3 Å². The van der Waals surface area contributed by atoms with Crippen molar-refractivity contribution in [2.24, 2.45) is 0 Å². The van der Waals surface area contributed by atoms with E-state index in [0.29, 0.717) is 17.1 Å². The highest BCUT2D eigenvalue weighted by atomic mass is 35.5. The average molecular weight is 420 g/mol. The molecule has 0 unspecified atom stereocenters. The highest BCUT2D eigenvalue weighted by molar-refractivity contribution is 7.16. The van der Waals surface area contributed by atoms with Crippen LogP contribution in [0.3, 0.4) is 0 Å². The van der Waals surface area contributed by atoms with Gasteiger partial charge in [-0.15, -0.1) is 22.7 Å². The van der Waals surface area contributed by atoms with Gasteiger partial charge in [-0.05, 0) is 37.6 Å². The molecular weight excluding hydrogens is 402 g/mol. The summed E-state index contributed by atoms with van der Waals surface area (Å²) in [5.74, 6) is -0.598. The van der Waals surface area contributed by atoms with Gasteiger partial charge >= 0.3 is 0 Å². The molecule has 2 amide bonds. The molecule has 0 fully saturated rings. The second-order valence-electron chi connectivity index (χ2n) is 5.78. The number of aryl methyl sites for hydroxylation is 1. The molecule has 0 radical (unpaired) electrons. The molecule has 27 heavy (non-hydrogen) atoms. The van der Waals surface area contributed by atoms with Crippen LogP contribution >= 0.6 is 34.3 Å². The Kier molecular flexibility index (Phi) is 6.60. The average Bonchev–Trinajstić information content (AvgIpc) is 3.29. The van der Waals surface area contributed by atoms with Crippen molar-refractivity contribution in [1.82, 2.24) is 15.6 Å². The van der Waals surface area contributed by atoms with Crippen LogP contribution in [0.5, 0.6) is 0 Å². The Hall–Kier alpha value is -2.22. The molecule has 0 spiro atoms. The van der Waals surface area contributed by atoms with Crippen LogP contribution in [0.15, 0.2) is 41.8 Å². The van der Waals surface area contributed by atoms with E-state index in [2.05, 4.69) is 27.8 Å². The molecule has 0 aliphatic carbocycles. The normalized spacial score (nSPS) is 10.6. The van der Waals surface area contributed by atoms with Gasteiger partial charge in [-0.2, -0.15) is 0 Å². The van der Waals surface area contributed by atoms with E-state index in [-0.39, 0.29) is 18.4 Å². The molecule has 3 rings (SSSR count). The Morgan fingerprint density at radius 3 is 2.70 bits per heavy atom. The van der Waals surface area contributed by atoms with Crippen molar-refractivity contribution in [1.29, 1.82) is 0 Å². The summed E-state index contributed by atoms with van der Waals surface area (Å²) < 4.78 is 0. The minimum absolute atomic E-state index is 0.0855. The second-order valence-corrected chi connectivity index (χ2v) is 8.42. The molecule has 2 N–H and O–H groups in total. The number of nitrogens with zero attached hydrogens (tertiary/aromatic N) is 1. The van der Waals surface area contributed by atoms with Crippen molar-refractivity contribution < 1.29 is 9.59 Å². The molecule has 0 bridgehead atoms. The highest BCUT2D eigenvalue weighted by Crippen LogP contribution is 2.29. The number of hydrogen-bond donors (Lipinski definition) is 2. The minimum Gasteiger partial charge on any atom is -0.354 e. The fraction of sp³-hybridized carbons (Fsp3) is 0.211. The molecule has 1 aromatic carbocycles. The molecule has 0 saturated carbocycles. The lowest BCUT2D eigenvalue weighted by Gasteiger charge is -2.07. The Balaban J connectivity index is 1.42. The van der Waals surface area contributed by atoms with Gasteiger partial charge in [0.1, 0.15) is 0 Å². The molecule has 3 aromatic rings. The third-order valence-corrected chi connectivity index (χ3v) is 6.03. The number of carbonyl (C=O) groups excluding carboxylic acids is 2. The quantitative estimate of drug-likeness (QED) is 0.609. The molecule has 5 nitrogen and oxygen atoms in total. The largest absolute Gasteiger partial charge is 0.354 e. The molecule has 0 saturated heterocycles. The first-order valence-corrected chi connectivity index (χ1v) is 10.4. The van der Waals surface area contributed by atoms with E-state index in [1.165, 1.54) is 4.88 Å². The predicted octanol–water partition coefficient (Wildman–Crippen LogP) is 3.92. The van der Waals surface area contributed by atoms with Crippen molar-refractivity contribution in [2.45, 2.75) is 13.3 Å². The van der Waals surface area contributed by atoms with Crippen molar-refractivity contribution in [3.05, 3.63) is 62.2 Å². The van der Waals surface area contributed by atoms with Crippen LogP contribution in [0.4, 0.5) is 0 Å². The van der Waals surface area contributed by atoms with Gasteiger partial charge in [-0.25, -0.2) is 4.98 Å². The summed E-state index contributed by atoms with van der Waals surface area (Å²) in [6.07, 6.45) is 0.734. The fourth-order valence-corrected chi connectivity index (χ4v) is 4.29. The topological polar surface area (TPSA) is 71.1 Å². The van der Waals surface area contributed by atoms with E-state index in [4.69, 9.17) is 11.6 Å². The lowest BCUT2D eigenvalue weighted by molar-refractivity contribution is -0.120. The van der Waals surface area contributed by atoms with Gasteiger partial charge in [0.25, 0.3) is 5.91 Å². The first-order valence-electron chi connectivity index (χ1n) is 8.33. The van der Waals surface area contributed by atoms with Gasteiger partial charge in [0.15, 0.2) is 0 Å². The maximum Gasteiger partial charge on any atom is 0.253 e. The number of nitrogens with one attached hydrogen (secondary N) is 2. The third kappa shape index (κ3) is 5.38. The number of halogens is 1. The van der Waals surface area contributed by atoms with E-state index in [9.17, 15) is 9.59 Å². The van der Waals surface area contributed by atoms with Crippen LogP contribution in [-0.2, 0) is 11.2 Å². The Bertz CT molecular complexity index is 952. The SMILES string of the molecule is Cc1nc(-c2ccc(CCNC(=O)CNC(=O)c3ccccc3Cl)s2)cs1. The van der Waals surface area contributed by atoms with Crippen molar-refractivity contribution in [3.8, 4) is 10.6 Å². The molecule has 0 aliphatic heterocycles. The summed E-state index contributed by atoms with van der Waals surface area (Å²) in [7, 11) is 0. The zero-order valence-electron chi connectivity index (χ0n) is 14.6. The van der Waals surface area contributed by atoms with E-state index >= 15 is 0 Å². The van der Waals surface area contributed by atoms with Gasteiger partial charge in [-0.1, -0.05) is 23.7 Å². The van der Waals surface area contributed by atoms with Crippen LogP contribution in [-0.4, -0.2) is 29.9 Å². The lowest BCUT2D eigenvalue weighted by atomic mass is 10.2. The smallest absolute Gasteiger partial charge is 0.253 e. The number of amides is 2. The molecular formula is C19H18ClN3O2S2. The van der Waals surface area contributed by atoms with Crippen LogP contribution in [0.1, 0.15) is 20.2 Å². The molecule has 140 valence electrons. The molecule has 8 heteroatoms. The van der Waals surface area contributed by atoms with Crippen LogP contribution in [0, 0.1) is 6.92 Å². The van der Waals surface area contributed by atoms with Gasteiger partial charge in [0.05, 0.1) is 32.7 Å². The molecule has 0 aliphatic rings. The van der Waals surface area contributed by atoms with Gasteiger partial charge in [0.2, 0.25) is 5.91 Å². The number of benzene rings is 1. The third-order valence-electron chi connectivity index (χ3n) is 3.75. The Morgan fingerprint density at radius 2 is 1.96 bits per heavy atom. The van der Waals surface area contributed by atoms with Crippen molar-refractivity contribution in [2.75, 3.05) is 13.1 Å². The second kappa shape index (κ2) is 9.12. The lowest BCUT2D eigenvalue weighted by Crippen LogP contribution is -2.37. The number of aromatic nitrogens is 1. The van der Waals surface area contributed by atoms with Crippen molar-refractivity contribution in [3.63, 3.8) is 0 Å². The number of rotatable bonds is 7. The molecule has 0 atom stereocenters. The van der Waals surface area contributed by atoms with Crippen LogP contribution in [0.25, 0.3) is 10.6 Å². The Morgan fingerprint density at radius 1 is 1.15 bits per heavy atom. The van der Waals surface area contributed by atoms with Gasteiger partial charge in [0, 0.05) is 16.8 Å².